The van der Waals surface area contributed by atoms with Crippen molar-refractivity contribution >= 4 is 17.9 Å². The van der Waals surface area contributed by atoms with Gasteiger partial charge in [0, 0.05) is 19.3 Å². The fourth-order valence-corrected chi connectivity index (χ4v) is 8.37. The number of esters is 3. The van der Waals surface area contributed by atoms with Crippen LogP contribution < -0.4 is 0 Å². The minimum absolute atomic E-state index is 0.107. The molecular weight excluding hydrogens is 949 g/mol. The summed E-state index contributed by atoms with van der Waals surface area (Å²) in [6, 6.07) is 0. The van der Waals surface area contributed by atoms with Crippen LogP contribution in [0.5, 0.6) is 0 Å². The van der Waals surface area contributed by atoms with Crippen molar-refractivity contribution in [3.05, 3.63) is 134 Å². The van der Waals surface area contributed by atoms with E-state index in [0.29, 0.717) is 19.3 Å². The number of unbranched alkanes of at least 4 members (excludes halogenated alkanes) is 23. The highest BCUT2D eigenvalue weighted by Crippen LogP contribution is 2.14. The van der Waals surface area contributed by atoms with Gasteiger partial charge in [0.2, 0.25) is 0 Å². The Labute approximate surface area is 475 Å². The minimum atomic E-state index is -0.815. The first kappa shape index (κ1) is 72.5. The third kappa shape index (κ3) is 62.3. The van der Waals surface area contributed by atoms with E-state index in [-0.39, 0.29) is 37.5 Å². The molecule has 0 heterocycles. The van der Waals surface area contributed by atoms with E-state index in [2.05, 4.69) is 154 Å². The van der Waals surface area contributed by atoms with Gasteiger partial charge >= 0.3 is 17.9 Å². The lowest BCUT2D eigenvalue weighted by Gasteiger charge is -2.18. The van der Waals surface area contributed by atoms with Crippen molar-refractivity contribution in [3.63, 3.8) is 0 Å². The second-order valence-corrected chi connectivity index (χ2v) is 20.6. The van der Waals surface area contributed by atoms with E-state index in [1.54, 1.807) is 0 Å². The minimum Gasteiger partial charge on any atom is -0.462 e. The molecule has 0 aromatic heterocycles. The predicted octanol–water partition coefficient (Wildman–Crippen LogP) is 21.8. The Morgan fingerprint density at radius 3 is 0.870 bits per heavy atom. The van der Waals surface area contributed by atoms with Crippen molar-refractivity contribution in [2.45, 2.75) is 284 Å². The molecule has 0 rings (SSSR count). The number of hydrogen-bond donors (Lipinski definition) is 0. The second-order valence-electron chi connectivity index (χ2n) is 20.6. The molecule has 0 amide bonds. The molecule has 1 unspecified atom stereocenters. The van der Waals surface area contributed by atoms with E-state index >= 15 is 0 Å². The average Bonchev–Trinajstić information content (AvgIpc) is 3.43. The summed E-state index contributed by atoms with van der Waals surface area (Å²) >= 11 is 0. The molecule has 0 fully saturated rings. The van der Waals surface area contributed by atoms with Gasteiger partial charge in [0.25, 0.3) is 0 Å². The molecular formula is C71H116O6. The zero-order valence-electron chi connectivity index (χ0n) is 49.9. The van der Waals surface area contributed by atoms with Crippen LogP contribution in [-0.4, -0.2) is 37.2 Å². The van der Waals surface area contributed by atoms with Gasteiger partial charge in [0.1, 0.15) is 13.2 Å². The molecule has 0 aromatic rings. The maximum Gasteiger partial charge on any atom is 0.306 e. The Hall–Kier alpha value is -4.45. The first-order valence-electron chi connectivity index (χ1n) is 31.7. The summed E-state index contributed by atoms with van der Waals surface area (Å²) in [4.78, 5) is 38.3. The van der Waals surface area contributed by atoms with Crippen LogP contribution in [0.15, 0.2) is 134 Å². The Morgan fingerprint density at radius 2 is 0.519 bits per heavy atom. The zero-order chi connectivity index (χ0) is 55.7. The number of hydrogen-bond acceptors (Lipinski definition) is 6. The molecule has 436 valence electrons. The Bertz CT molecular complexity index is 1650. The molecule has 1 atom stereocenters. The topological polar surface area (TPSA) is 78.9 Å². The van der Waals surface area contributed by atoms with Crippen LogP contribution in [0.3, 0.4) is 0 Å². The summed E-state index contributed by atoms with van der Waals surface area (Å²) in [6.45, 7) is 6.44. The summed E-state index contributed by atoms with van der Waals surface area (Å²) < 4.78 is 16.8. The smallest absolute Gasteiger partial charge is 0.306 e. The van der Waals surface area contributed by atoms with Crippen molar-refractivity contribution in [1.29, 1.82) is 0 Å². The van der Waals surface area contributed by atoms with Gasteiger partial charge in [-0.15, -0.1) is 0 Å². The van der Waals surface area contributed by atoms with Crippen LogP contribution in [0, 0.1) is 0 Å². The first-order chi connectivity index (χ1) is 38.0. The zero-order valence-corrected chi connectivity index (χ0v) is 49.9. The number of rotatable bonds is 56. The molecule has 0 spiro atoms. The van der Waals surface area contributed by atoms with Crippen LogP contribution >= 0.6 is 0 Å². The van der Waals surface area contributed by atoms with Crippen LogP contribution in [0.1, 0.15) is 278 Å². The van der Waals surface area contributed by atoms with Crippen LogP contribution in [0.4, 0.5) is 0 Å². The normalized spacial score (nSPS) is 13.0. The van der Waals surface area contributed by atoms with Gasteiger partial charge in [-0.1, -0.05) is 257 Å². The summed E-state index contributed by atoms with van der Waals surface area (Å²) in [5, 5.41) is 0. The summed E-state index contributed by atoms with van der Waals surface area (Å²) in [5.41, 5.74) is 0. The highest BCUT2D eigenvalue weighted by atomic mass is 16.6. The van der Waals surface area contributed by atoms with Crippen molar-refractivity contribution in [1.82, 2.24) is 0 Å². The maximum atomic E-state index is 12.9. The molecule has 0 radical (unpaired) electrons. The molecule has 0 aromatic carbocycles. The Kier molecular flexibility index (Phi) is 60.4. The third-order valence-electron chi connectivity index (χ3n) is 13.1. The standard InChI is InChI=1S/C71H116O6/c1-4-7-10-13-16-19-22-25-27-29-31-33-35-37-39-41-43-46-49-52-55-58-61-64-70(73)76-67-68(66-75-69(72)63-60-57-54-51-48-45-24-21-18-15-12-9-6-3)77-71(74)65-62-59-56-53-50-47-44-42-40-38-36-34-32-30-28-26-23-20-17-14-11-8-5-2/h7,10,16,19,21,23-27,30-33,36-39,43,46,52,55,68H,4-6,8-9,11-15,17-18,20,22,28-29,34-35,40-42,44-45,47-51,53-54,56-67H2,1-3H3/b10-7-,19-16-,24-21-,26-23-,27-25-,32-30-,33-31-,38-36-,39-37-,46-43-,55-52-. The molecule has 0 saturated heterocycles. The fraction of sp³-hybridized carbons (Fsp3) is 0.648. The van der Waals surface area contributed by atoms with Gasteiger partial charge in [-0.2, -0.15) is 0 Å². The monoisotopic (exact) mass is 1060 g/mol. The molecule has 0 bridgehead atoms. The van der Waals surface area contributed by atoms with Gasteiger partial charge in [-0.05, 0) is 135 Å². The predicted molar refractivity (Wildman–Crippen MR) is 334 cm³/mol. The molecule has 0 aliphatic heterocycles. The van der Waals surface area contributed by atoms with Crippen LogP contribution in [-0.2, 0) is 28.6 Å². The molecule has 6 nitrogen and oxygen atoms in total. The van der Waals surface area contributed by atoms with E-state index in [9.17, 15) is 14.4 Å². The van der Waals surface area contributed by atoms with E-state index in [1.807, 2.05) is 0 Å². The lowest BCUT2D eigenvalue weighted by Crippen LogP contribution is -2.30. The van der Waals surface area contributed by atoms with E-state index < -0.39 is 6.10 Å². The van der Waals surface area contributed by atoms with Gasteiger partial charge in [0.05, 0.1) is 0 Å². The average molecular weight is 1070 g/mol. The van der Waals surface area contributed by atoms with Crippen molar-refractivity contribution in [3.8, 4) is 0 Å². The molecule has 6 heteroatoms. The lowest BCUT2D eigenvalue weighted by molar-refractivity contribution is -0.167. The summed E-state index contributed by atoms with van der Waals surface area (Å²) in [6.07, 6.45) is 90.3. The summed E-state index contributed by atoms with van der Waals surface area (Å²) in [7, 11) is 0. The van der Waals surface area contributed by atoms with Crippen LogP contribution in [0.25, 0.3) is 0 Å². The highest BCUT2D eigenvalue weighted by Gasteiger charge is 2.19. The Balaban J connectivity index is 4.48. The number of ether oxygens (including phenoxy) is 3. The van der Waals surface area contributed by atoms with Crippen molar-refractivity contribution < 1.29 is 28.6 Å². The number of carbonyl (C=O) groups is 3. The maximum absolute atomic E-state index is 12.9. The van der Waals surface area contributed by atoms with Gasteiger partial charge < -0.3 is 14.2 Å². The first-order valence-corrected chi connectivity index (χ1v) is 31.7. The van der Waals surface area contributed by atoms with Crippen molar-refractivity contribution in [2.75, 3.05) is 13.2 Å². The molecule has 0 aliphatic rings. The fourth-order valence-electron chi connectivity index (χ4n) is 8.37. The lowest BCUT2D eigenvalue weighted by atomic mass is 10.1. The summed E-state index contributed by atoms with van der Waals surface area (Å²) in [5.74, 6) is -0.984. The Morgan fingerprint density at radius 1 is 0.273 bits per heavy atom. The highest BCUT2D eigenvalue weighted by molar-refractivity contribution is 5.71. The SMILES string of the molecule is CC/C=C\C/C=C\C/C=C\C/C=C\C/C=C\C/C=C\C/C=C\CCCC(=O)OCC(COC(=O)CCCCCCC/C=C\CCCCCC)OC(=O)CCCCCCCCCC/C=C\C/C=C\C/C=C\CCCCCCC. The number of allylic oxidation sites excluding steroid dienone is 22. The van der Waals surface area contributed by atoms with Crippen LogP contribution in [0.2, 0.25) is 0 Å². The van der Waals surface area contributed by atoms with Gasteiger partial charge in [-0.25, -0.2) is 0 Å². The molecule has 0 aliphatic carbocycles. The molecule has 77 heavy (non-hydrogen) atoms. The van der Waals surface area contributed by atoms with Gasteiger partial charge in [0.15, 0.2) is 6.10 Å². The van der Waals surface area contributed by atoms with Crippen molar-refractivity contribution in [2.24, 2.45) is 0 Å². The quantitative estimate of drug-likeness (QED) is 0.0261. The van der Waals surface area contributed by atoms with E-state index in [4.69, 9.17) is 14.2 Å². The van der Waals surface area contributed by atoms with E-state index in [1.165, 1.54) is 109 Å². The van der Waals surface area contributed by atoms with Gasteiger partial charge in [-0.3, -0.25) is 14.4 Å². The molecule has 0 N–H and O–H groups in total. The second kappa shape index (κ2) is 64.1. The third-order valence-corrected chi connectivity index (χ3v) is 13.1. The van der Waals surface area contributed by atoms with E-state index in [0.717, 1.165) is 122 Å². The molecule has 0 saturated carbocycles. The largest absolute Gasteiger partial charge is 0.462 e. The number of carbonyl (C=O) groups excluding carboxylic acids is 3.